The minimum absolute atomic E-state index is 0.151. The first-order valence-electron chi connectivity index (χ1n) is 4.59. The maximum atomic E-state index is 13.2. The van der Waals surface area contributed by atoms with Gasteiger partial charge < -0.3 is 0 Å². The molecule has 14 heavy (non-hydrogen) atoms. The maximum Gasteiger partial charge on any atom is 0.145 e. The summed E-state index contributed by atoms with van der Waals surface area (Å²) >= 11 is 1.28. The Kier molecular flexibility index (Phi) is 4.14. The lowest BCUT2D eigenvalue weighted by Gasteiger charge is -2.08. The summed E-state index contributed by atoms with van der Waals surface area (Å²) in [6.07, 6.45) is 0.503. The molecule has 0 radical (unpaired) electrons. The number of benzene rings is 1. The monoisotopic (exact) mass is 212 g/mol. The fraction of sp³-hybridized carbons (Fsp3) is 0.364. The number of thioether (sulfide) groups is 1. The molecule has 1 rings (SSSR count). The molecule has 0 spiro atoms. The van der Waals surface area contributed by atoms with E-state index in [1.165, 1.54) is 17.8 Å². The molecule has 0 heterocycles. The normalized spacial score (nSPS) is 12.5. The SMILES string of the molecule is CCC(=O)C(C)Sc1ccccc1F. The number of hydrogen-bond acceptors (Lipinski definition) is 2. The lowest BCUT2D eigenvalue weighted by molar-refractivity contribution is -0.117. The first-order chi connectivity index (χ1) is 6.65. The highest BCUT2D eigenvalue weighted by Gasteiger charge is 2.13. The number of Topliss-reactive ketones (excluding diaryl/α,β-unsaturated/α-hetero) is 1. The van der Waals surface area contributed by atoms with Crippen molar-refractivity contribution in [2.24, 2.45) is 0 Å². The van der Waals surface area contributed by atoms with Crippen molar-refractivity contribution in [3.8, 4) is 0 Å². The Hall–Kier alpha value is -0.830. The van der Waals surface area contributed by atoms with Crippen LogP contribution in [0.4, 0.5) is 4.39 Å². The van der Waals surface area contributed by atoms with Crippen LogP contribution in [0.3, 0.4) is 0 Å². The highest BCUT2D eigenvalue weighted by molar-refractivity contribution is 8.00. The van der Waals surface area contributed by atoms with Crippen LogP contribution in [0.1, 0.15) is 20.3 Å². The van der Waals surface area contributed by atoms with Crippen LogP contribution >= 0.6 is 11.8 Å². The minimum Gasteiger partial charge on any atom is -0.298 e. The fourth-order valence-electron chi connectivity index (χ4n) is 1.08. The average molecular weight is 212 g/mol. The zero-order valence-corrected chi connectivity index (χ0v) is 9.10. The molecule has 0 aliphatic rings. The van der Waals surface area contributed by atoms with Crippen LogP contribution in [-0.2, 0) is 4.79 Å². The third-order valence-corrected chi connectivity index (χ3v) is 3.14. The summed E-state index contributed by atoms with van der Waals surface area (Å²) in [6.45, 7) is 3.63. The van der Waals surface area contributed by atoms with Crippen LogP contribution in [0.15, 0.2) is 29.2 Å². The Balaban J connectivity index is 2.69. The average Bonchev–Trinajstić information content (AvgIpc) is 2.20. The van der Waals surface area contributed by atoms with E-state index in [0.717, 1.165) is 0 Å². The Morgan fingerprint density at radius 1 is 1.50 bits per heavy atom. The number of rotatable bonds is 4. The van der Waals surface area contributed by atoms with E-state index in [4.69, 9.17) is 0 Å². The molecule has 0 fully saturated rings. The van der Waals surface area contributed by atoms with Crippen LogP contribution in [0.2, 0.25) is 0 Å². The molecule has 0 aliphatic carbocycles. The number of hydrogen-bond donors (Lipinski definition) is 0. The van der Waals surface area contributed by atoms with Crippen molar-refractivity contribution < 1.29 is 9.18 Å². The standard InChI is InChI=1S/C11H13FOS/c1-3-10(13)8(2)14-11-7-5-4-6-9(11)12/h4-8H,3H2,1-2H3. The fourth-order valence-corrected chi connectivity index (χ4v) is 2.10. The maximum absolute atomic E-state index is 13.2. The summed E-state index contributed by atoms with van der Waals surface area (Å²) in [5, 5.41) is -0.170. The number of carbonyl (C=O) groups excluding carboxylic acids is 1. The lowest BCUT2D eigenvalue weighted by atomic mass is 10.2. The van der Waals surface area contributed by atoms with Gasteiger partial charge >= 0.3 is 0 Å². The molecule has 1 atom stereocenters. The Morgan fingerprint density at radius 3 is 2.71 bits per heavy atom. The second-order valence-electron chi connectivity index (χ2n) is 3.01. The molecule has 1 aromatic carbocycles. The van der Waals surface area contributed by atoms with Gasteiger partial charge in [-0.2, -0.15) is 0 Å². The molecular formula is C11H13FOS. The molecule has 0 aromatic heterocycles. The molecule has 1 aromatic rings. The Morgan fingerprint density at radius 2 is 2.14 bits per heavy atom. The summed E-state index contributed by atoms with van der Waals surface area (Å²) in [7, 11) is 0. The van der Waals surface area contributed by atoms with Gasteiger partial charge in [-0.1, -0.05) is 19.1 Å². The van der Waals surface area contributed by atoms with Gasteiger partial charge in [-0.3, -0.25) is 4.79 Å². The third kappa shape index (κ3) is 2.84. The van der Waals surface area contributed by atoms with E-state index >= 15 is 0 Å². The van der Waals surface area contributed by atoms with Crippen LogP contribution in [-0.4, -0.2) is 11.0 Å². The first kappa shape index (κ1) is 11.2. The van der Waals surface area contributed by atoms with Crippen LogP contribution < -0.4 is 0 Å². The molecule has 0 N–H and O–H groups in total. The van der Waals surface area contributed by atoms with Gasteiger partial charge in [-0.15, -0.1) is 11.8 Å². The predicted molar refractivity (Wildman–Crippen MR) is 57.0 cm³/mol. The van der Waals surface area contributed by atoms with Gasteiger partial charge in [0, 0.05) is 11.3 Å². The quantitative estimate of drug-likeness (QED) is 0.712. The van der Waals surface area contributed by atoms with E-state index in [-0.39, 0.29) is 16.9 Å². The predicted octanol–water partition coefficient (Wildman–Crippen LogP) is 3.29. The van der Waals surface area contributed by atoms with Gasteiger partial charge in [0.2, 0.25) is 0 Å². The molecule has 1 unspecified atom stereocenters. The highest BCUT2D eigenvalue weighted by Crippen LogP contribution is 2.26. The molecule has 0 aliphatic heterocycles. The third-order valence-electron chi connectivity index (χ3n) is 1.94. The first-order valence-corrected chi connectivity index (χ1v) is 5.47. The van der Waals surface area contributed by atoms with E-state index in [9.17, 15) is 9.18 Å². The largest absolute Gasteiger partial charge is 0.298 e. The Bertz CT molecular complexity index is 325. The molecule has 1 nitrogen and oxygen atoms in total. The topological polar surface area (TPSA) is 17.1 Å². The zero-order chi connectivity index (χ0) is 10.6. The summed E-state index contributed by atoms with van der Waals surface area (Å²) in [5.74, 6) is -0.105. The highest BCUT2D eigenvalue weighted by atomic mass is 32.2. The molecule has 76 valence electrons. The van der Waals surface area contributed by atoms with Crippen molar-refractivity contribution in [1.29, 1.82) is 0 Å². The minimum atomic E-state index is -0.256. The van der Waals surface area contributed by atoms with E-state index in [1.807, 2.05) is 13.8 Å². The smallest absolute Gasteiger partial charge is 0.145 e. The lowest BCUT2D eigenvalue weighted by Crippen LogP contribution is -2.11. The molecular weight excluding hydrogens is 199 g/mol. The second kappa shape index (κ2) is 5.15. The van der Waals surface area contributed by atoms with Crippen molar-refractivity contribution in [2.75, 3.05) is 0 Å². The summed E-state index contributed by atoms with van der Waals surface area (Å²) in [5.41, 5.74) is 0. The summed E-state index contributed by atoms with van der Waals surface area (Å²) < 4.78 is 13.2. The van der Waals surface area contributed by atoms with Crippen molar-refractivity contribution in [3.63, 3.8) is 0 Å². The van der Waals surface area contributed by atoms with Crippen LogP contribution in [0, 0.1) is 5.82 Å². The van der Waals surface area contributed by atoms with Gasteiger partial charge in [0.25, 0.3) is 0 Å². The van der Waals surface area contributed by atoms with Gasteiger partial charge in [0.1, 0.15) is 11.6 Å². The molecule has 3 heteroatoms. The number of ketones is 1. The zero-order valence-electron chi connectivity index (χ0n) is 8.29. The van der Waals surface area contributed by atoms with E-state index in [2.05, 4.69) is 0 Å². The van der Waals surface area contributed by atoms with Crippen molar-refractivity contribution in [1.82, 2.24) is 0 Å². The van der Waals surface area contributed by atoms with E-state index < -0.39 is 0 Å². The van der Waals surface area contributed by atoms with Crippen molar-refractivity contribution in [2.45, 2.75) is 30.4 Å². The molecule has 0 amide bonds. The molecule has 0 bridgehead atoms. The second-order valence-corrected chi connectivity index (χ2v) is 4.39. The van der Waals surface area contributed by atoms with Crippen LogP contribution in [0.5, 0.6) is 0 Å². The van der Waals surface area contributed by atoms with E-state index in [1.54, 1.807) is 18.2 Å². The van der Waals surface area contributed by atoms with E-state index in [0.29, 0.717) is 11.3 Å². The van der Waals surface area contributed by atoms with Gasteiger partial charge in [0.05, 0.1) is 5.25 Å². The molecule has 0 saturated carbocycles. The van der Waals surface area contributed by atoms with Crippen molar-refractivity contribution >= 4 is 17.5 Å². The van der Waals surface area contributed by atoms with Gasteiger partial charge in [0.15, 0.2) is 0 Å². The van der Waals surface area contributed by atoms with Crippen LogP contribution in [0.25, 0.3) is 0 Å². The summed E-state index contributed by atoms with van der Waals surface area (Å²) in [4.78, 5) is 11.8. The summed E-state index contributed by atoms with van der Waals surface area (Å²) in [6, 6.07) is 6.52. The van der Waals surface area contributed by atoms with Crippen molar-refractivity contribution in [3.05, 3.63) is 30.1 Å². The number of halogens is 1. The van der Waals surface area contributed by atoms with Gasteiger partial charge in [-0.25, -0.2) is 4.39 Å². The van der Waals surface area contributed by atoms with Gasteiger partial charge in [-0.05, 0) is 19.1 Å². The number of carbonyl (C=O) groups is 1. The Labute approximate surface area is 87.7 Å². The molecule has 0 saturated heterocycles.